The molecule has 2 fully saturated rings. The van der Waals surface area contributed by atoms with Gasteiger partial charge < -0.3 is 0 Å². The van der Waals surface area contributed by atoms with Crippen molar-refractivity contribution < 1.29 is 0 Å². The smallest absolute Gasteiger partial charge is 0.153 e. The van der Waals surface area contributed by atoms with Crippen LogP contribution in [0.4, 0.5) is 0 Å². The van der Waals surface area contributed by atoms with Gasteiger partial charge in [-0.15, -0.1) is 0 Å². The van der Waals surface area contributed by atoms with E-state index in [1.165, 1.54) is 43.6 Å². The number of fused-ring (bicyclic) bond motifs is 1. The molecule has 1 saturated heterocycles. The third-order valence-corrected chi connectivity index (χ3v) is 6.16. The van der Waals surface area contributed by atoms with Gasteiger partial charge in [0.2, 0.25) is 0 Å². The highest BCUT2D eigenvalue weighted by atomic mass is 15.3. The summed E-state index contributed by atoms with van der Waals surface area (Å²) in [5, 5.41) is 12.5. The van der Waals surface area contributed by atoms with Gasteiger partial charge in [-0.05, 0) is 43.6 Å². The van der Waals surface area contributed by atoms with Crippen molar-refractivity contribution in [2.24, 2.45) is 11.8 Å². The van der Waals surface area contributed by atoms with Gasteiger partial charge in [0.05, 0.1) is 5.69 Å². The number of hydrogen-bond donors (Lipinski definition) is 1. The number of aromatic amines is 1. The fourth-order valence-electron chi connectivity index (χ4n) is 4.67. The lowest BCUT2D eigenvalue weighted by Crippen LogP contribution is -2.21. The number of H-pyrrole nitrogens is 1. The molecule has 1 aliphatic carbocycles. The van der Waals surface area contributed by atoms with Crippen LogP contribution in [0.2, 0.25) is 0 Å². The van der Waals surface area contributed by atoms with Gasteiger partial charge in [0.1, 0.15) is 5.82 Å². The Kier molecular flexibility index (Phi) is 3.69. The summed E-state index contributed by atoms with van der Waals surface area (Å²) >= 11 is 0. The Labute approximate surface area is 149 Å². The summed E-state index contributed by atoms with van der Waals surface area (Å²) in [4.78, 5) is 7.41. The van der Waals surface area contributed by atoms with Gasteiger partial charge in [0, 0.05) is 43.7 Å². The molecule has 1 N–H and O–H groups in total. The van der Waals surface area contributed by atoms with Crippen LogP contribution < -0.4 is 0 Å². The molecule has 5 rings (SSSR count). The van der Waals surface area contributed by atoms with Crippen molar-refractivity contribution in [3.63, 3.8) is 0 Å². The maximum Gasteiger partial charge on any atom is 0.153 e. The fourth-order valence-corrected chi connectivity index (χ4v) is 4.67. The highest BCUT2D eigenvalue weighted by molar-refractivity contribution is 5.15. The Morgan fingerprint density at radius 3 is 2.88 bits per heavy atom. The predicted octanol–water partition coefficient (Wildman–Crippen LogP) is 2.70. The Balaban J connectivity index is 1.32. The van der Waals surface area contributed by atoms with E-state index in [1.54, 1.807) is 0 Å². The topological polar surface area (TPSA) is 62.6 Å². The Morgan fingerprint density at radius 2 is 2.16 bits per heavy atom. The van der Waals surface area contributed by atoms with Gasteiger partial charge in [-0.1, -0.05) is 13.8 Å². The number of aromatic nitrogens is 5. The van der Waals surface area contributed by atoms with E-state index >= 15 is 0 Å². The van der Waals surface area contributed by atoms with E-state index in [9.17, 15) is 0 Å². The molecule has 0 bridgehead atoms. The summed E-state index contributed by atoms with van der Waals surface area (Å²) in [5.74, 6) is 4.55. The fraction of sp³-hybridized carbons (Fsp3) is 0.737. The number of likely N-dealkylation sites (tertiary alicyclic amines) is 1. The Morgan fingerprint density at radius 1 is 1.28 bits per heavy atom. The largest absolute Gasteiger partial charge is 0.296 e. The number of aryl methyl sites for hydroxylation is 2. The highest BCUT2D eigenvalue weighted by Gasteiger charge is 2.44. The molecule has 3 aliphatic rings. The van der Waals surface area contributed by atoms with E-state index in [2.05, 4.69) is 39.7 Å². The van der Waals surface area contributed by atoms with Gasteiger partial charge >= 0.3 is 0 Å². The van der Waals surface area contributed by atoms with E-state index in [0.29, 0.717) is 11.8 Å². The summed E-state index contributed by atoms with van der Waals surface area (Å²) < 4.78 is 2.20. The molecule has 2 aromatic heterocycles. The molecule has 2 aliphatic heterocycles. The molecular weight excluding hydrogens is 312 g/mol. The third-order valence-electron chi connectivity index (χ3n) is 6.16. The summed E-state index contributed by atoms with van der Waals surface area (Å²) in [7, 11) is 0. The molecule has 25 heavy (non-hydrogen) atoms. The molecule has 6 heteroatoms. The normalized spacial score (nSPS) is 26.7. The summed E-state index contributed by atoms with van der Waals surface area (Å²) in [5.41, 5.74) is 2.66. The quantitative estimate of drug-likeness (QED) is 0.909. The zero-order valence-electron chi connectivity index (χ0n) is 15.3. The zero-order chi connectivity index (χ0) is 17.0. The maximum atomic E-state index is 4.82. The summed E-state index contributed by atoms with van der Waals surface area (Å²) in [6.07, 6.45) is 5.22. The molecule has 6 nitrogen and oxygen atoms in total. The number of hydrogen-bond acceptors (Lipinski definition) is 4. The van der Waals surface area contributed by atoms with Crippen molar-refractivity contribution >= 4 is 0 Å². The first-order chi connectivity index (χ1) is 12.2. The van der Waals surface area contributed by atoms with Crippen LogP contribution in [0, 0.1) is 11.8 Å². The van der Waals surface area contributed by atoms with Crippen LogP contribution in [0.1, 0.15) is 68.0 Å². The standard InChI is InChI=1S/C19H28N6/c1-12(2)18-20-19(22-21-18)17-11-24(10-16(17)13-5-6-13)9-14-8-15-4-3-7-25(15)23-14/h8,12-13,16-17H,3-7,9-11H2,1-2H3,(H,20,21,22)/t16-,17+/m1/s1. The van der Waals surface area contributed by atoms with Gasteiger partial charge in [0.25, 0.3) is 0 Å². The third kappa shape index (κ3) is 2.90. The molecular formula is C19H28N6. The van der Waals surface area contributed by atoms with E-state index in [4.69, 9.17) is 10.1 Å². The van der Waals surface area contributed by atoms with Crippen molar-refractivity contribution in [3.05, 3.63) is 29.1 Å². The van der Waals surface area contributed by atoms with E-state index in [1.807, 2.05) is 0 Å². The highest BCUT2D eigenvalue weighted by Crippen LogP contribution is 2.47. The average molecular weight is 340 g/mol. The lowest BCUT2D eigenvalue weighted by Gasteiger charge is -2.14. The minimum atomic E-state index is 0.384. The average Bonchev–Trinajstić information content (AvgIpc) is 2.98. The molecule has 0 spiro atoms. The maximum absolute atomic E-state index is 4.82. The van der Waals surface area contributed by atoms with Crippen LogP contribution in [0.25, 0.3) is 0 Å². The predicted molar refractivity (Wildman–Crippen MR) is 95.3 cm³/mol. The van der Waals surface area contributed by atoms with Crippen LogP contribution in [-0.2, 0) is 19.5 Å². The molecule has 2 atom stereocenters. The molecule has 134 valence electrons. The summed E-state index contributed by atoms with van der Waals surface area (Å²) in [6, 6.07) is 2.32. The first kappa shape index (κ1) is 15.6. The van der Waals surface area contributed by atoms with Crippen molar-refractivity contribution in [2.75, 3.05) is 13.1 Å². The first-order valence-electron chi connectivity index (χ1n) is 9.87. The number of rotatable bonds is 5. The SMILES string of the molecule is CC(C)c1n[nH]c([C@H]2CN(Cc3cc4n(n3)CCC4)C[C@@H]2C2CC2)n1. The zero-order valence-corrected chi connectivity index (χ0v) is 15.3. The van der Waals surface area contributed by atoms with Gasteiger partial charge in [0.15, 0.2) is 5.82 Å². The van der Waals surface area contributed by atoms with Crippen LogP contribution in [0.15, 0.2) is 6.07 Å². The molecule has 0 unspecified atom stereocenters. The van der Waals surface area contributed by atoms with Crippen molar-refractivity contribution in [1.82, 2.24) is 29.9 Å². The number of nitrogens with zero attached hydrogens (tertiary/aromatic N) is 5. The summed E-state index contributed by atoms with van der Waals surface area (Å²) in [6.45, 7) is 8.64. The Hall–Kier alpha value is -1.69. The second-order valence-electron chi connectivity index (χ2n) is 8.49. The van der Waals surface area contributed by atoms with E-state index in [0.717, 1.165) is 43.1 Å². The lowest BCUT2D eigenvalue weighted by atomic mass is 9.91. The Bertz CT molecular complexity index is 734. The molecule has 2 aromatic rings. The van der Waals surface area contributed by atoms with Crippen molar-refractivity contribution in [2.45, 2.75) is 64.5 Å². The molecule has 4 heterocycles. The minimum absolute atomic E-state index is 0.384. The lowest BCUT2D eigenvalue weighted by molar-refractivity contribution is 0.304. The second kappa shape index (κ2) is 5.94. The van der Waals surface area contributed by atoms with Crippen molar-refractivity contribution in [1.29, 1.82) is 0 Å². The van der Waals surface area contributed by atoms with Crippen LogP contribution in [0.3, 0.4) is 0 Å². The van der Waals surface area contributed by atoms with Crippen LogP contribution >= 0.6 is 0 Å². The first-order valence-corrected chi connectivity index (χ1v) is 9.87. The van der Waals surface area contributed by atoms with Gasteiger partial charge in [-0.25, -0.2) is 4.98 Å². The van der Waals surface area contributed by atoms with Crippen LogP contribution in [-0.4, -0.2) is 43.0 Å². The van der Waals surface area contributed by atoms with E-state index < -0.39 is 0 Å². The number of nitrogens with one attached hydrogen (secondary N) is 1. The minimum Gasteiger partial charge on any atom is -0.296 e. The molecule has 0 aromatic carbocycles. The molecule has 0 amide bonds. The molecule has 0 radical (unpaired) electrons. The molecule has 1 saturated carbocycles. The van der Waals surface area contributed by atoms with Crippen LogP contribution in [0.5, 0.6) is 0 Å². The van der Waals surface area contributed by atoms with E-state index in [-0.39, 0.29) is 0 Å². The van der Waals surface area contributed by atoms with Gasteiger partial charge in [-0.3, -0.25) is 14.7 Å². The van der Waals surface area contributed by atoms with Crippen molar-refractivity contribution in [3.8, 4) is 0 Å². The van der Waals surface area contributed by atoms with Gasteiger partial charge in [-0.2, -0.15) is 10.2 Å². The second-order valence-corrected chi connectivity index (χ2v) is 8.49. The monoisotopic (exact) mass is 340 g/mol.